The zero-order valence-electron chi connectivity index (χ0n) is 18.3. The van der Waals surface area contributed by atoms with E-state index in [1.165, 1.54) is 45.9 Å². The topological polar surface area (TPSA) is 69.5 Å². The van der Waals surface area contributed by atoms with Gasteiger partial charge < -0.3 is 14.4 Å². The van der Waals surface area contributed by atoms with Crippen LogP contribution in [0.4, 0.5) is 0 Å². The predicted molar refractivity (Wildman–Crippen MR) is 121 cm³/mol. The molecule has 31 heavy (non-hydrogen) atoms. The molecule has 7 heteroatoms. The zero-order chi connectivity index (χ0) is 21.6. The Balaban J connectivity index is 1.43. The third-order valence-electron chi connectivity index (χ3n) is 5.79. The second-order valence-corrected chi connectivity index (χ2v) is 8.00. The van der Waals surface area contributed by atoms with Crippen molar-refractivity contribution in [3.63, 3.8) is 0 Å². The molecule has 2 aromatic heterocycles. The molecule has 1 aromatic carbocycles. The molecule has 1 saturated heterocycles. The summed E-state index contributed by atoms with van der Waals surface area (Å²) >= 11 is 0. The molecule has 1 fully saturated rings. The second kappa shape index (κ2) is 9.92. The average molecular weight is 423 g/mol. The molecule has 3 heterocycles. The number of benzene rings is 1. The molecule has 0 spiro atoms. The highest BCUT2D eigenvalue weighted by Crippen LogP contribution is 2.19. The monoisotopic (exact) mass is 422 g/mol. The largest absolute Gasteiger partial charge is 0.494 e. The summed E-state index contributed by atoms with van der Waals surface area (Å²) in [6, 6.07) is 9.23. The van der Waals surface area contributed by atoms with Crippen LogP contribution in [0, 0.1) is 6.92 Å². The Bertz CT molecular complexity index is 1070. The molecule has 0 atom stereocenters. The van der Waals surface area contributed by atoms with E-state index < -0.39 is 0 Å². The maximum Gasteiger partial charge on any atom is 0.266 e. The number of methoxy groups -OCH3 is 1. The lowest BCUT2D eigenvalue weighted by Gasteiger charge is -2.19. The van der Waals surface area contributed by atoms with Crippen molar-refractivity contribution in [1.82, 2.24) is 19.4 Å². The molecule has 1 aliphatic heterocycles. The van der Waals surface area contributed by atoms with Crippen molar-refractivity contribution in [2.75, 3.05) is 33.4 Å². The highest BCUT2D eigenvalue weighted by Gasteiger charge is 2.12. The van der Waals surface area contributed by atoms with E-state index in [9.17, 15) is 4.79 Å². The summed E-state index contributed by atoms with van der Waals surface area (Å²) in [5, 5.41) is 0.478. The van der Waals surface area contributed by atoms with Gasteiger partial charge in [0.25, 0.3) is 5.56 Å². The van der Waals surface area contributed by atoms with E-state index in [2.05, 4.69) is 14.9 Å². The summed E-state index contributed by atoms with van der Waals surface area (Å²) in [5.41, 5.74) is 1.17. The maximum absolute atomic E-state index is 13.1. The molecule has 7 nitrogen and oxygen atoms in total. The predicted octanol–water partition coefficient (Wildman–Crippen LogP) is 3.74. The highest BCUT2D eigenvalue weighted by atomic mass is 16.5. The molecular formula is C24H30N4O3. The van der Waals surface area contributed by atoms with E-state index >= 15 is 0 Å². The van der Waals surface area contributed by atoms with Crippen LogP contribution in [0.5, 0.6) is 11.6 Å². The van der Waals surface area contributed by atoms with Gasteiger partial charge in [-0.3, -0.25) is 9.36 Å². The van der Waals surface area contributed by atoms with Crippen molar-refractivity contribution in [2.45, 2.75) is 39.0 Å². The number of likely N-dealkylation sites (tertiary alicyclic amines) is 1. The van der Waals surface area contributed by atoms with Crippen LogP contribution in [-0.4, -0.2) is 52.8 Å². The molecule has 0 unspecified atom stereocenters. The lowest BCUT2D eigenvalue weighted by atomic mass is 10.2. The summed E-state index contributed by atoms with van der Waals surface area (Å²) in [6.07, 6.45) is 7.93. The number of aromatic nitrogens is 3. The lowest BCUT2D eigenvalue weighted by molar-refractivity contribution is 0.240. The Morgan fingerprint density at radius 2 is 1.81 bits per heavy atom. The number of nitrogens with zero attached hydrogens (tertiary/aromatic N) is 4. The first-order valence-corrected chi connectivity index (χ1v) is 11.0. The highest BCUT2D eigenvalue weighted by molar-refractivity contribution is 5.78. The number of hydrogen-bond acceptors (Lipinski definition) is 6. The van der Waals surface area contributed by atoms with Crippen molar-refractivity contribution in [3.05, 3.63) is 52.7 Å². The molecule has 3 aromatic rings. The second-order valence-electron chi connectivity index (χ2n) is 8.00. The molecule has 1 aliphatic rings. The van der Waals surface area contributed by atoms with Crippen LogP contribution in [0.2, 0.25) is 0 Å². The van der Waals surface area contributed by atoms with Gasteiger partial charge in [-0.2, -0.15) is 0 Å². The van der Waals surface area contributed by atoms with Gasteiger partial charge in [0.15, 0.2) is 0 Å². The average Bonchev–Trinajstić information content (AvgIpc) is 3.06. The number of aryl methyl sites for hydroxylation is 1. The van der Waals surface area contributed by atoms with Gasteiger partial charge >= 0.3 is 0 Å². The molecule has 0 radical (unpaired) electrons. The first-order chi connectivity index (χ1) is 15.2. The molecular weight excluding hydrogens is 392 g/mol. The van der Waals surface area contributed by atoms with Crippen molar-refractivity contribution in [3.8, 4) is 17.3 Å². The van der Waals surface area contributed by atoms with Gasteiger partial charge in [0, 0.05) is 12.6 Å². The fourth-order valence-electron chi connectivity index (χ4n) is 4.13. The van der Waals surface area contributed by atoms with Gasteiger partial charge in [-0.1, -0.05) is 12.8 Å². The van der Waals surface area contributed by atoms with Crippen LogP contribution < -0.4 is 15.0 Å². The fraction of sp³-hybridized carbons (Fsp3) is 0.458. The number of ether oxygens (including phenoxy) is 2. The van der Waals surface area contributed by atoms with Crippen molar-refractivity contribution in [1.29, 1.82) is 0 Å². The standard InChI is InChI=1S/C24H30N4O3/c1-18-26-22-17-25-23(30-2)16-21(22)24(29)28(18)19-8-10-20(11-9-19)31-15-7-14-27-12-5-3-4-6-13-27/h8-11,16-17H,3-7,12-15H2,1-2H3. The van der Waals surface area contributed by atoms with Crippen molar-refractivity contribution in [2.24, 2.45) is 0 Å². The van der Waals surface area contributed by atoms with Crippen molar-refractivity contribution < 1.29 is 9.47 Å². The van der Waals surface area contributed by atoms with Crippen molar-refractivity contribution >= 4 is 10.9 Å². The third-order valence-corrected chi connectivity index (χ3v) is 5.79. The smallest absolute Gasteiger partial charge is 0.266 e. The fourth-order valence-corrected chi connectivity index (χ4v) is 4.13. The summed E-state index contributed by atoms with van der Waals surface area (Å²) in [6.45, 7) is 6.03. The normalized spacial score (nSPS) is 15.0. The summed E-state index contributed by atoms with van der Waals surface area (Å²) in [7, 11) is 1.53. The first kappa shape index (κ1) is 21.3. The van der Waals surface area contributed by atoms with E-state index in [4.69, 9.17) is 9.47 Å². The van der Waals surface area contributed by atoms with Gasteiger partial charge in [-0.25, -0.2) is 9.97 Å². The number of rotatable bonds is 7. The van der Waals surface area contributed by atoms with Crippen LogP contribution in [-0.2, 0) is 0 Å². The van der Waals surface area contributed by atoms with Crippen LogP contribution >= 0.6 is 0 Å². The minimum absolute atomic E-state index is 0.144. The summed E-state index contributed by atoms with van der Waals surface area (Å²) in [5.74, 6) is 1.81. The van der Waals surface area contributed by atoms with Crippen LogP contribution in [0.3, 0.4) is 0 Å². The van der Waals surface area contributed by atoms with Gasteiger partial charge in [-0.15, -0.1) is 0 Å². The van der Waals surface area contributed by atoms with Gasteiger partial charge in [-0.05, 0) is 63.5 Å². The van der Waals surface area contributed by atoms with Crippen LogP contribution in [0.1, 0.15) is 37.9 Å². The molecule has 0 saturated carbocycles. The minimum Gasteiger partial charge on any atom is -0.494 e. The molecule has 0 aliphatic carbocycles. The Kier molecular flexibility index (Phi) is 6.82. The molecule has 0 N–H and O–H groups in total. The zero-order valence-corrected chi connectivity index (χ0v) is 18.3. The summed E-state index contributed by atoms with van der Waals surface area (Å²) in [4.78, 5) is 24.3. The lowest BCUT2D eigenvalue weighted by Crippen LogP contribution is -2.26. The molecule has 4 rings (SSSR count). The van der Waals surface area contributed by atoms with Gasteiger partial charge in [0.1, 0.15) is 11.6 Å². The van der Waals surface area contributed by atoms with Gasteiger partial charge in [0.05, 0.1) is 36.5 Å². The summed E-state index contributed by atoms with van der Waals surface area (Å²) < 4.78 is 12.7. The van der Waals surface area contributed by atoms with Crippen LogP contribution in [0.15, 0.2) is 41.3 Å². The van der Waals surface area contributed by atoms with E-state index in [1.54, 1.807) is 16.8 Å². The number of hydrogen-bond donors (Lipinski definition) is 0. The SMILES string of the molecule is COc1cc2c(=O)n(-c3ccc(OCCCN4CCCCCC4)cc3)c(C)nc2cn1. The Labute approximate surface area is 182 Å². The van der Waals surface area contributed by atoms with E-state index in [-0.39, 0.29) is 5.56 Å². The first-order valence-electron chi connectivity index (χ1n) is 11.0. The molecule has 0 bridgehead atoms. The Morgan fingerprint density at radius 1 is 1.06 bits per heavy atom. The van der Waals surface area contributed by atoms with E-state index in [1.807, 2.05) is 31.2 Å². The van der Waals surface area contributed by atoms with E-state index in [0.29, 0.717) is 29.2 Å². The molecule has 0 amide bonds. The number of fused-ring (bicyclic) bond motifs is 1. The van der Waals surface area contributed by atoms with E-state index in [0.717, 1.165) is 24.4 Å². The number of pyridine rings is 1. The maximum atomic E-state index is 13.1. The quantitative estimate of drug-likeness (QED) is 0.540. The molecule has 164 valence electrons. The Morgan fingerprint density at radius 3 is 2.52 bits per heavy atom. The minimum atomic E-state index is -0.144. The van der Waals surface area contributed by atoms with Gasteiger partial charge in [0.2, 0.25) is 5.88 Å². The Hall–Kier alpha value is -2.93. The third kappa shape index (κ3) is 5.05. The van der Waals surface area contributed by atoms with Crippen LogP contribution in [0.25, 0.3) is 16.6 Å².